The van der Waals surface area contributed by atoms with Crippen LogP contribution < -0.4 is 14.8 Å². The Morgan fingerprint density at radius 2 is 1.50 bits per heavy atom. The van der Waals surface area contributed by atoms with Gasteiger partial charge in [0.2, 0.25) is 5.91 Å². The first-order chi connectivity index (χ1) is 19.6. The summed E-state index contributed by atoms with van der Waals surface area (Å²) in [5, 5.41) is 3.32. The molecule has 2 aliphatic rings. The summed E-state index contributed by atoms with van der Waals surface area (Å²) in [4.78, 5) is 33.9. The number of carbonyl (C=O) groups is 2. The molecule has 0 radical (unpaired) electrons. The molecule has 8 heteroatoms. The van der Waals surface area contributed by atoms with E-state index in [4.69, 9.17) is 9.47 Å². The van der Waals surface area contributed by atoms with Crippen molar-refractivity contribution < 1.29 is 19.1 Å². The molecule has 2 amide bonds. The molecular formula is C32H38N4O4. The maximum Gasteiger partial charge on any atom is 0.254 e. The number of benzene rings is 3. The number of carbonyl (C=O) groups excluding carboxylic acids is 2. The Kier molecular flexibility index (Phi) is 8.98. The topological polar surface area (TPSA) is 74.4 Å². The van der Waals surface area contributed by atoms with Gasteiger partial charge in [0.1, 0.15) is 17.5 Å². The van der Waals surface area contributed by atoms with Crippen LogP contribution in [0.1, 0.15) is 27.9 Å². The van der Waals surface area contributed by atoms with Crippen molar-refractivity contribution in [1.82, 2.24) is 20.0 Å². The molecule has 3 aromatic rings. The molecule has 0 aromatic heterocycles. The van der Waals surface area contributed by atoms with Gasteiger partial charge in [-0.05, 0) is 47.9 Å². The maximum absolute atomic E-state index is 13.9. The molecule has 3 aromatic carbocycles. The molecular weight excluding hydrogens is 504 g/mol. The predicted octanol–water partition coefficient (Wildman–Crippen LogP) is 3.42. The summed E-state index contributed by atoms with van der Waals surface area (Å²) in [7, 11) is 3.26. The SMILES string of the molecule is COc1cccc(CN(Cc2ccccc2)C2CC(C(=O)N3CCNCC3)N(C(=O)c3cccc(OC)c3)C2)c1. The molecule has 2 atom stereocenters. The highest BCUT2D eigenvalue weighted by atomic mass is 16.5. The lowest BCUT2D eigenvalue weighted by Gasteiger charge is -2.32. The van der Waals surface area contributed by atoms with Gasteiger partial charge in [-0.2, -0.15) is 0 Å². The molecule has 2 unspecified atom stereocenters. The van der Waals surface area contributed by atoms with E-state index < -0.39 is 6.04 Å². The third-order valence-corrected chi connectivity index (χ3v) is 7.83. The number of ether oxygens (including phenoxy) is 2. The molecule has 5 rings (SSSR count). The quantitative estimate of drug-likeness (QED) is 0.447. The lowest BCUT2D eigenvalue weighted by molar-refractivity contribution is -0.135. The Morgan fingerprint density at radius 3 is 2.23 bits per heavy atom. The van der Waals surface area contributed by atoms with Crippen LogP contribution >= 0.6 is 0 Å². The number of nitrogens with zero attached hydrogens (tertiary/aromatic N) is 3. The van der Waals surface area contributed by atoms with Crippen molar-refractivity contribution in [3.8, 4) is 11.5 Å². The molecule has 0 bridgehead atoms. The van der Waals surface area contributed by atoms with Gasteiger partial charge in [-0.15, -0.1) is 0 Å². The van der Waals surface area contributed by atoms with E-state index in [-0.39, 0.29) is 17.9 Å². The fraction of sp³-hybridized carbons (Fsp3) is 0.375. The summed E-state index contributed by atoms with van der Waals surface area (Å²) >= 11 is 0. The number of nitrogens with one attached hydrogen (secondary N) is 1. The second-order valence-electron chi connectivity index (χ2n) is 10.4. The zero-order chi connectivity index (χ0) is 27.9. The minimum Gasteiger partial charge on any atom is -0.497 e. The van der Waals surface area contributed by atoms with Crippen molar-refractivity contribution in [2.24, 2.45) is 0 Å². The fourth-order valence-electron chi connectivity index (χ4n) is 5.69. The first-order valence-electron chi connectivity index (χ1n) is 13.9. The number of methoxy groups -OCH3 is 2. The second kappa shape index (κ2) is 13.0. The third kappa shape index (κ3) is 6.46. The van der Waals surface area contributed by atoms with Gasteiger partial charge in [0.15, 0.2) is 0 Å². The summed E-state index contributed by atoms with van der Waals surface area (Å²) in [6, 6.07) is 25.1. The summed E-state index contributed by atoms with van der Waals surface area (Å²) in [6.45, 7) is 4.68. The van der Waals surface area contributed by atoms with Gasteiger partial charge in [-0.1, -0.05) is 48.5 Å². The smallest absolute Gasteiger partial charge is 0.254 e. The first-order valence-corrected chi connectivity index (χ1v) is 13.9. The van der Waals surface area contributed by atoms with Crippen LogP contribution in [0.4, 0.5) is 0 Å². The van der Waals surface area contributed by atoms with Crippen molar-refractivity contribution in [3.05, 3.63) is 95.6 Å². The summed E-state index contributed by atoms with van der Waals surface area (Å²) < 4.78 is 10.9. The van der Waals surface area contributed by atoms with E-state index >= 15 is 0 Å². The molecule has 2 saturated heterocycles. The monoisotopic (exact) mass is 542 g/mol. The maximum atomic E-state index is 13.9. The van der Waals surface area contributed by atoms with Crippen LogP contribution in [0.15, 0.2) is 78.9 Å². The molecule has 0 aliphatic carbocycles. The highest BCUT2D eigenvalue weighted by Crippen LogP contribution is 2.29. The molecule has 1 N–H and O–H groups in total. The van der Waals surface area contributed by atoms with Crippen molar-refractivity contribution in [3.63, 3.8) is 0 Å². The van der Waals surface area contributed by atoms with E-state index in [1.54, 1.807) is 31.3 Å². The van der Waals surface area contributed by atoms with Crippen LogP contribution in [0.3, 0.4) is 0 Å². The zero-order valence-electron chi connectivity index (χ0n) is 23.3. The van der Waals surface area contributed by atoms with Crippen molar-refractivity contribution in [1.29, 1.82) is 0 Å². The van der Waals surface area contributed by atoms with Crippen LogP contribution in [0.25, 0.3) is 0 Å². The Bertz CT molecular complexity index is 1290. The molecule has 0 saturated carbocycles. The summed E-state index contributed by atoms with van der Waals surface area (Å²) in [6.07, 6.45) is 0.579. The van der Waals surface area contributed by atoms with E-state index in [9.17, 15) is 9.59 Å². The Hall–Kier alpha value is -3.88. The molecule has 210 valence electrons. The van der Waals surface area contributed by atoms with Crippen LogP contribution in [0.2, 0.25) is 0 Å². The third-order valence-electron chi connectivity index (χ3n) is 7.83. The summed E-state index contributed by atoms with van der Waals surface area (Å²) in [5.41, 5.74) is 2.84. The number of hydrogen-bond donors (Lipinski definition) is 1. The highest BCUT2D eigenvalue weighted by Gasteiger charge is 2.43. The van der Waals surface area contributed by atoms with E-state index in [1.165, 1.54) is 5.56 Å². The number of rotatable bonds is 9. The van der Waals surface area contributed by atoms with Gasteiger partial charge in [-0.25, -0.2) is 0 Å². The van der Waals surface area contributed by atoms with Crippen LogP contribution in [0, 0.1) is 0 Å². The van der Waals surface area contributed by atoms with Gasteiger partial charge in [0.05, 0.1) is 14.2 Å². The number of likely N-dealkylation sites (tertiary alicyclic amines) is 1. The standard InChI is InChI=1S/C32H38N4O4/c1-39-28-12-6-10-25(18-28)22-35(21-24-8-4-3-5-9-24)27-20-30(32(38)34-16-14-33-15-17-34)36(23-27)31(37)26-11-7-13-29(19-26)40-2/h3-13,18-19,27,30,33H,14-17,20-23H2,1-2H3. The largest absolute Gasteiger partial charge is 0.497 e. The van der Waals surface area contributed by atoms with E-state index in [1.807, 2.05) is 47.4 Å². The van der Waals surface area contributed by atoms with E-state index in [0.717, 1.165) is 24.4 Å². The molecule has 2 fully saturated rings. The van der Waals surface area contributed by atoms with Crippen LogP contribution in [-0.2, 0) is 17.9 Å². The number of piperazine rings is 1. The minimum absolute atomic E-state index is 0.00201. The molecule has 2 aliphatic heterocycles. The van der Waals surface area contributed by atoms with Crippen molar-refractivity contribution in [2.45, 2.75) is 31.6 Å². The van der Waals surface area contributed by atoms with Gasteiger partial charge >= 0.3 is 0 Å². The van der Waals surface area contributed by atoms with Gasteiger partial charge in [0, 0.05) is 57.4 Å². The van der Waals surface area contributed by atoms with Gasteiger partial charge in [-0.3, -0.25) is 14.5 Å². The van der Waals surface area contributed by atoms with Crippen molar-refractivity contribution >= 4 is 11.8 Å². The molecule has 2 heterocycles. The predicted molar refractivity (Wildman–Crippen MR) is 154 cm³/mol. The Labute approximate surface area is 236 Å². The van der Waals surface area contributed by atoms with Crippen molar-refractivity contribution in [2.75, 3.05) is 46.9 Å². The van der Waals surface area contributed by atoms with Gasteiger partial charge < -0.3 is 24.6 Å². The first kappa shape index (κ1) is 27.7. The lowest BCUT2D eigenvalue weighted by Crippen LogP contribution is -2.53. The molecule has 0 spiro atoms. The van der Waals surface area contributed by atoms with Crippen LogP contribution in [0.5, 0.6) is 11.5 Å². The lowest BCUT2D eigenvalue weighted by atomic mass is 10.1. The normalized spacial score (nSPS) is 19.1. The second-order valence-corrected chi connectivity index (χ2v) is 10.4. The van der Waals surface area contributed by atoms with Crippen LogP contribution in [-0.4, -0.2) is 85.5 Å². The Morgan fingerprint density at radius 1 is 0.850 bits per heavy atom. The highest BCUT2D eigenvalue weighted by molar-refractivity contribution is 5.98. The minimum atomic E-state index is -0.523. The number of hydrogen-bond acceptors (Lipinski definition) is 6. The Balaban J connectivity index is 1.45. The van der Waals surface area contributed by atoms with Gasteiger partial charge in [0.25, 0.3) is 5.91 Å². The zero-order valence-corrected chi connectivity index (χ0v) is 23.3. The average Bonchev–Trinajstić information content (AvgIpc) is 3.46. The average molecular weight is 543 g/mol. The summed E-state index contributed by atoms with van der Waals surface area (Å²) in [5.74, 6) is 1.32. The molecule has 8 nitrogen and oxygen atoms in total. The fourth-order valence-corrected chi connectivity index (χ4v) is 5.69. The molecule has 40 heavy (non-hydrogen) atoms. The number of amides is 2. The van der Waals surface area contributed by atoms with E-state index in [2.05, 4.69) is 34.5 Å². The van der Waals surface area contributed by atoms with E-state index in [0.29, 0.717) is 50.5 Å².